The number of carboxylic acid groups (broad SMARTS) is 1. The Kier molecular flexibility index (Phi) is 5.27. The monoisotopic (exact) mass is 192 g/mol. The molecular formula is C6H12N2O3S. The van der Waals surface area contributed by atoms with E-state index >= 15 is 0 Å². The van der Waals surface area contributed by atoms with E-state index in [0.717, 1.165) is 0 Å². The number of urea groups is 1. The van der Waals surface area contributed by atoms with Crippen molar-refractivity contribution in [1.29, 1.82) is 0 Å². The number of thiol groups is 1. The lowest BCUT2D eigenvalue weighted by atomic mass is 10.3. The number of carbonyl (C=O) groups excluding carboxylic acids is 1. The summed E-state index contributed by atoms with van der Waals surface area (Å²) in [5, 5.41) is 13.2. The van der Waals surface area contributed by atoms with Crippen molar-refractivity contribution in [3.63, 3.8) is 0 Å². The number of rotatable bonds is 4. The molecule has 0 saturated carbocycles. The Balaban J connectivity index is 3.85. The van der Waals surface area contributed by atoms with Gasteiger partial charge in [-0.15, -0.1) is 0 Å². The summed E-state index contributed by atoms with van der Waals surface area (Å²) in [7, 11) is 0. The highest BCUT2D eigenvalue weighted by molar-refractivity contribution is 7.80. The van der Waals surface area contributed by atoms with Crippen molar-refractivity contribution in [1.82, 2.24) is 10.6 Å². The fraction of sp³-hybridized carbons (Fsp3) is 0.667. The molecule has 0 aromatic heterocycles. The van der Waals surface area contributed by atoms with Crippen molar-refractivity contribution >= 4 is 24.6 Å². The first-order valence-corrected chi connectivity index (χ1v) is 4.13. The van der Waals surface area contributed by atoms with E-state index in [0.29, 0.717) is 6.54 Å². The summed E-state index contributed by atoms with van der Waals surface area (Å²) in [6, 6.07) is -1.42. The molecule has 0 aliphatic rings. The van der Waals surface area contributed by atoms with Crippen molar-refractivity contribution in [2.75, 3.05) is 12.3 Å². The lowest BCUT2D eigenvalue weighted by Gasteiger charge is -2.11. The smallest absolute Gasteiger partial charge is 0.327 e. The van der Waals surface area contributed by atoms with E-state index in [9.17, 15) is 9.59 Å². The predicted octanol–water partition coefficient (Wildman–Crippen LogP) is -0.312. The van der Waals surface area contributed by atoms with Crippen molar-refractivity contribution in [3.8, 4) is 0 Å². The quantitative estimate of drug-likeness (QED) is 0.461. The van der Waals surface area contributed by atoms with Crippen LogP contribution in [0.2, 0.25) is 0 Å². The van der Waals surface area contributed by atoms with E-state index in [1.54, 1.807) is 6.92 Å². The van der Waals surface area contributed by atoms with Crippen molar-refractivity contribution in [3.05, 3.63) is 0 Å². The van der Waals surface area contributed by atoms with Crippen LogP contribution in [0.5, 0.6) is 0 Å². The number of carbonyl (C=O) groups is 2. The van der Waals surface area contributed by atoms with Crippen LogP contribution < -0.4 is 10.6 Å². The minimum Gasteiger partial charge on any atom is -0.480 e. The van der Waals surface area contributed by atoms with Gasteiger partial charge in [0.1, 0.15) is 6.04 Å². The molecule has 0 radical (unpaired) electrons. The van der Waals surface area contributed by atoms with E-state index in [1.165, 1.54) is 0 Å². The highest BCUT2D eigenvalue weighted by atomic mass is 32.1. The maximum absolute atomic E-state index is 10.8. The average molecular weight is 192 g/mol. The Labute approximate surface area is 75.9 Å². The van der Waals surface area contributed by atoms with Gasteiger partial charge in [0.25, 0.3) is 0 Å². The largest absolute Gasteiger partial charge is 0.480 e. The molecular weight excluding hydrogens is 180 g/mol. The van der Waals surface area contributed by atoms with Crippen LogP contribution >= 0.6 is 12.6 Å². The molecule has 70 valence electrons. The van der Waals surface area contributed by atoms with Gasteiger partial charge in [-0.2, -0.15) is 12.6 Å². The van der Waals surface area contributed by atoms with Gasteiger partial charge in [-0.1, -0.05) is 0 Å². The fourth-order valence-corrected chi connectivity index (χ4v) is 0.803. The van der Waals surface area contributed by atoms with Crippen molar-refractivity contribution in [2.24, 2.45) is 0 Å². The average Bonchev–Trinajstić information content (AvgIpc) is 2.00. The fourth-order valence-electron chi connectivity index (χ4n) is 0.555. The molecule has 1 atom stereocenters. The molecule has 12 heavy (non-hydrogen) atoms. The Bertz CT molecular complexity index is 174. The van der Waals surface area contributed by atoms with Crippen LogP contribution in [0.4, 0.5) is 4.79 Å². The summed E-state index contributed by atoms with van der Waals surface area (Å²) in [5.74, 6) is -1.01. The van der Waals surface area contributed by atoms with Gasteiger partial charge in [0, 0.05) is 12.3 Å². The standard InChI is InChI=1S/C6H12N2O3S/c1-2-7-6(11)8-4(3-12)5(9)10/h4,12H,2-3H2,1H3,(H,9,10)(H2,7,8,11)/t4-/m1/s1. The molecule has 0 saturated heterocycles. The molecule has 3 N–H and O–H groups in total. The first-order valence-electron chi connectivity index (χ1n) is 3.49. The van der Waals surface area contributed by atoms with Crippen molar-refractivity contribution in [2.45, 2.75) is 13.0 Å². The summed E-state index contributed by atoms with van der Waals surface area (Å²) < 4.78 is 0. The highest BCUT2D eigenvalue weighted by Gasteiger charge is 2.16. The first-order chi connectivity index (χ1) is 5.61. The number of carboxylic acids is 1. The minimum absolute atomic E-state index is 0.0759. The molecule has 0 rings (SSSR count). The number of amides is 2. The van der Waals surface area contributed by atoms with Gasteiger partial charge < -0.3 is 15.7 Å². The molecule has 0 heterocycles. The molecule has 2 amide bonds. The summed E-state index contributed by atoms with van der Waals surface area (Å²) in [6.07, 6.45) is 0. The van der Waals surface area contributed by atoms with Gasteiger partial charge in [0.15, 0.2) is 0 Å². The normalized spacial score (nSPS) is 11.8. The Morgan fingerprint density at radius 1 is 1.58 bits per heavy atom. The van der Waals surface area contributed by atoms with Gasteiger partial charge >= 0.3 is 12.0 Å². The maximum atomic E-state index is 10.8. The zero-order valence-corrected chi connectivity index (χ0v) is 7.60. The SMILES string of the molecule is CCNC(=O)N[C@H](CS)C(=O)O. The molecule has 0 bridgehead atoms. The van der Waals surface area contributed by atoms with E-state index in [-0.39, 0.29) is 5.75 Å². The summed E-state index contributed by atoms with van der Waals surface area (Å²) in [6.45, 7) is 2.21. The summed E-state index contributed by atoms with van der Waals surface area (Å²) in [5.41, 5.74) is 0. The van der Waals surface area contributed by atoms with Crippen LogP contribution in [-0.4, -0.2) is 35.4 Å². The van der Waals surface area contributed by atoms with Gasteiger partial charge in [-0.25, -0.2) is 9.59 Å². The van der Waals surface area contributed by atoms with Crippen LogP contribution in [0, 0.1) is 0 Å². The molecule has 0 aromatic rings. The number of aliphatic carboxylic acids is 1. The third kappa shape index (κ3) is 4.07. The number of nitrogens with one attached hydrogen (secondary N) is 2. The van der Waals surface area contributed by atoms with Gasteiger partial charge in [-0.3, -0.25) is 0 Å². The molecule has 0 aromatic carbocycles. The van der Waals surface area contributed by atoms with Crippen LogP contribution in [0.1, 0.15) is 6.92 Å². The maximum Gasteiger partial charge on any atom is 0.327 e. The van der Waals surface area contributed by atoms with Crippen molar-refractivity contribution < 1.29 is 14.7 Å². The lowest BCUT2D eigenvalue weighted by molar-refractivity contribution is -0.138. The van der Waals surface area contributed by atoms with Crippen LogP contribution in [0.15, 0.2) is 0 Å². The second kappa shape index (κ2) is 5.70. The van der Waals surface area contributed by atoms with Crippen LogP contribution in [-0.2, 0) is 4.79 Å². The molecule has 0 spiro atoms. The van der Waals surface area contributed by atoms with Gasteiger partial charge in [0.2, 0.25) is 0 Å². The van der Waals surface area contributed by atoms with Crippen LogP contribution in [0.25, 0.3) is 0 Å². The second-order valence-electron chi connectivity index (χ2n) is 2.08. The van der Waals surface area contributed by atoms with E-state index in [4.69, 9.17) is 5.11 Å². The molecule has 0 aliphatic carbocycles. The Morgan fingerprint density at radius 3 is 2.50 bits per heavy atom. The highest BCUT2D eigenvalue weighted by Crippen LogP contribution is 1.87. The molecule has 0 aliphatic heterocycles. The van der Waals surface area contributed by atoms with Gasteiger partial charge in [-0.05, 0) is 6.92 Å². The minimum atomic E-state index is -1.09. The third-order valence-electron chi connectivity index (χ3n) is 1.12. The third-order valence-corrected chi connectivity index (χ3v) is 1.49. The molecule has 0 fully saturated rings. The topological polar surface area (TPSA) is 78.4 Å². The first kappa shape index (κ1) is 11.1. The van der Waals surface area contributed by atoms with E-state index < -0.39 is 18.0 Å². The Hall–Kier alpha value is -0.910. The predicted molar refractivity (Wildman–Crippen MR) is 47.5 cm³/mol. The zero-order chi connectivity index (χ0) is 9.56. The molecule has 0 unspecified atom stereocenters. The van der Waals surface area contributed by atoms with E-state index in [1.807, 2.05) is 0 Å². The lowest BCUT2D eigenvalue weighted by Crippen LogP contribution is -2.46. The van der Waals surface area contributed by atoms with Gasteiger partial charge in [0.05, 0.1) is 0 Å². The number of hydrogen-bond acceptors (Lipinski definition) is 3. The van der Waals surface area contributed by atoms with Crippen LogP contribution in [0.3, 0.4) is 0 Å². The number of hydrogen-bond donors (Lipinski definition) is 4. The summed E-state index contributed by atoms with van der Waals surface area (Å²) in [4.78, 5) is 21.2. The zero-order valence-electron chi connectivity index (χ0n) is 6.70. The summed E-state index contributed by atoms with van der Waals surface area (Å²) >= 11 is 3.77. The molecule has 5 nitrogen and oxygen atoms in total. The van der Waals surface area contributed by atoms with E-state index in [2.05, 4.69) is 23.3 Å². The second-order valence-corrected chi connectivity index (χ2v) is 2.44. The Morgan fingerprint density at radius 2 is 2.17 bits per heavy atom. The molecule has 6 heteroatoms.